The predicted molar refractivity (Wildman–Crippen MR) is 138 cm³/mol. The molecule has 1 aliphatic heterocycles. The summed E-state index contributed by atoms with van der Waals surface area (Å²) >= 11 is 0. The van der Waals surface area contributed by atoms with E-state index in [0.29, 0.717) is 29.6 Å². The molecule has 0 radical (unpaired) electrons. The molecule has 2 aliphatic rings. The first-order valence-corrected chi connectivity index (χ1v) is 12.4. The molecule has 0 saturated carbocycles. The number of hydrogen-bond acceptors (Lipinski definition) is 5. The molecule has 1 aliphatic carbocycles. The minimum Gasteiger partial charge on any atom is -0.380 e. The molecular weight excluding hydrogens is 445 g/mol. The van der Waals surface area contributed by atoms with Crippen molar-refractivity contribution >= 4 is 17.2 Å². The first-order chi connectivity index (χ1) is 16.8. The molecule has 1 unspecified atom stereocenters. The number of ether oxygens (including phenoxy) is 1. The predicted octanol–water partition coefficient (Wildman–Crippen LogP) is 5.29. The summed E-state index contributed by atoms with van der Waals surface area (Å²) in [4.78, 5) is 27.3. The van der Waals surface area contributed by atoms with Gasteiger partial charge in [0, 0.05) is 42.2 Å². The van der Waals surface area contributed by atoms with Crippen molar-refractivity contribution < 1.29 is 13.9 Å². The fraction of sp³-hybridized carbons (Fsp3) is 0.464. The molecule has 7 heteroatoms. The van der Waals surface area contributed by atoms with Gasteiger partial charge >= 0.3 is 0 Å². The molecule has 6 nitrogen and oxygen atoms in total. The van der Waals surface area contributed by atoms with Crippen molar-refractivity contribution in [3.8, 4) is 11.4 Å². The smallest absolute Gasteiger partial charge is 0.257 e. The van der Waals surface area contributed by atoms with Gasteiger partial charge in [-0.25, -0.2) is 9.37 Å². The summed E-state index contributed by atoms with van der Waals surface area (Å²) in [6.45, 7) is 10.4. The van der Waals surface area contributed by atoms with Crippen LogP contribution in [0.5, 0.6) is 0 Å². The van der Waals surface area contributed by atoms with Gasteiger partial charge in [0.15, 0.2) is 0 Å². The van der Waals surface area contributed by atoms with E-state index in [1.807, 2.05) is 40.7 Å². The molecule has 0 spiro atoms. The van der Waals surface area contributed by atoms with Crippen molar-refractivity contribution in [3.63, 3.8) is 0 Å². The summed E-state index contributed by atoms with van der Waals surface area (Å²) in [6, 6.07) is 3.34. The number of fused-ring (bicyclic) bond motifs is 4. The zero-order chi connectivity index (χ0) is 25.9. The Balaban J connectivity index is 0.000000438. The van der Waals surface area contributed by atoms with Gasteiger partial charge in [0.25, 0.3) is 5.56 Å². The van der Waals surface area contributed by atoms with Crippen molar-refractivity contribution in [2.75, 3.05) is 7.11 Å². The fourth-order valence-electron chi connectivity index (χ4n) is 4.94. The third kappa shape index (κ3) is 4.67. The topological polar surface area (TPSA) is 87.2 Å². The first-order valence-electron chi connectivity index (χ1n) is 12.4. The van der Waals surface area contributed by atoms with E-state index in [1.165, 1.54) is 6.07 Å². The molecule has 0 amide bonds. The van der Waals surface area contributed by atoms with E-state index < -0.39 is 0 Å². The monoisotopic (exact) mass is 481 g/mol. The molecular formula is C28H36FN3O3. The van der Waals surface area contributed by atoms with E-state index in [-0.39, 0.29) is 24.0 Å². The second kappa shape index (κ2) is 11.2. The molecule has 2 aromatic heterocycles. The van der Waals surface area contributed by atoms with E-state index in [1.54, 1.807) is 11.7 Å². The summed E-state index contributed by atoms with van der Waals surface area (Å²) in [5.74, 6) is -0.238. The van der Waals surface area contributed by atoms with E-state index >= 15 is 0 Å². The minimum absolute atomic E-state index is 0.0573. The maximum absolute atomic E-state index is 14.5. The molecule has 3 aromatic rings. The summed E-state index contributed by atoms with van der Waals surface area (Å²) in [5.41, 5.74) is 13.8. The van der Waals surface area contributed by atoms with Gasteiger partial charge < -0.3 is 19.8 Å². The second-order valence-electron chi connectivity index (χ2n) is 8.82. The normalized spacial score (nSPS) is 14.9. The van der Waals surface area contributed by atoms with E-state index in [4.69, 9.17) is 15.5 Å². The van der Waals surface area contributed by atoms with Crippen LogP contribution in [0.2, 0.25) is 0 Å². The highest BCUT2D eigenvalue weighted by Crippen LogP contribution is 2.43. The Morgan fingerprint density at radius 2 is 1.97 bits per heavy atom. The summed E-state index contributed by atoms with van der Waals surface area (Å²) in [7, 11) is 1.58. The number of aromatic nitrogens is 2. The number of unbranched alkanes of at least 4 members (excludes halogenated alkanes) is 1. The summed E-state index contributed by atoms with van der Waals surface area (Å²) in [5, 5.41) is 0.978. The summed E-state index contributed by atoms with van der Waals surface area (Å²) < 4.78 is 21.5. The Bertz CT molecular complexity index is 1310. The number of methoxy groups -OCH3 is 1. The van der Waals surface area contributed by atoms with Crippen LogP contribution in [0.15, 0.2) is 16.9 Å². The lowest BCUT2D eigenvalue weighted by molar-refractivity contribution is -0.107. The Morgan fingerprint density at radius 1 is 1.26 bits per heavy atom. The number of nitrogens with two attached hydrogens (primary N) is 1. The van der Waals surface area contributed by atoms with Crippen LogP contribution in [-0.2, 0) is 29.1 Å². The van der Waals surface area contributed by atoms with Gasteiger partial charge in [-0.05, 0) is 61.4 Å². The standard InChI is InChI=1S/C22H22FN3O2.C4H8O.C2H6/c1-10-6-18-21-13(8-26(18)22(27)14(10)9-28-3)19-16(24)5-4-12-11(2)15(23)7-17(25-21)20(12)19;1-2-3-4-5;1-2/h6-7,16H,4-5,8-9,24H2,1-3H3;4H,2-3H2,1H3;1-2H3. The quantitative estimate of drug-likeness (QED) is 0.401. The van der Waals surface area contributed by atoms with Crippen LogP contribution in [0, 0.1) is 19.7 Å². The number of benzene rings is 1. The van der Waals surface area contributed by atoms with Crippen LogP contribution >= 0.6 is 0 Å². The van der Waals surface area contributed by atoms with Crippen molar-refractivity contribution in [2.45, 2.75) is 79.5 Å². The van der Waals surface area contributed by atoms with Crippen LogP contribution < -0.4 is 11.3 Å². The number of aldehydes is 1. The van der Waals surface area contributed by atoms with Crippen LogP contribution in [0.3, 0.4) is 0 Å². The molecule has 5 rings (SSSR count). The highest BCUT2D eigenvalue weighted by Gasteiger charge is 2.32. The molecule has 188 valence electrons. The van der Waals surface area contributed by atoms with Gasteiger partial charge in [0.2, 0.25) is 0 Å². The zero-order valence-electron chi connectivity index (χ0n) is 21.6. The highest BCUT2D eigenvalue weighted by atomic mass is 19.1. The van der Waals surface area contributed by atoms with E-state index in [0.717, 1.165) is 64.6 Å². The van der Waals surface area contributed by atoms with Gasteiger partial charge in [0.05, 0.1) is 30.1 Å². The number of hydrogen-bond donors (Lipinski definition) is 1. The average molecular weight is 482 g/mol. The Morgan fingerprint density at radius 3 is 2.57 bits per heavy atom. The van der Waals surface area contributed by atoms with E-state index in [9.17, 15) is 14.0 Å². The van der Waals surface area contributed by atoms with Gasteiger partial charge in [-0.15, -0.1) is 0 Å². The van der Waals surface area contributed by atoms with Gasteiger partial charge in [0.1, 0.15) is 12.1 Å². The van der Waals surface area contributed by atoms with Crippen molar-refractivity contribution in [3.05, 3.63) is 61.7 Å². The molecule has 35 heavy (non-hydrogen) atoms. The van der Waals surface area contributed by atoms with Crippen LogP contribution in [0.25, 0.3) is 22.3 Å². The van der Waals surface area contributed by atoms with Crippen LogP contribution in [0.1, 0.15) is 79.5 Å². The second-order valence-corrected chi connectivity index (χ2v) is 8.82. The number of carbonyl (C=O) groups is 1. The molecule has 0 bridgehead atoms. The minimum atomic E-state index is -0.238. The maximum atomic E-state index is 14.5. The molecule has 1 aromatic carbocycles. The molecule has 0 fully saturated rings. The summed E-state index contributed by atoms with van der Waals surface area (Å²) in [6.07, 6.45) is 4.13. The van der Waals surface area contributed by atoms with Gasteiger partial charge in [-0.3, -0.25) is 4.79 Å². The number of halogens is 1. The molecule has 1 atom stereocenters. The van der Waals surface area contributed by atoms with Crippen LogP contribution in [0.4, 0.5) is 4.39 Å². The molecule has 0 saturated heterocycles. The van der Waals surface area contributed by atoms with Crippen molar-refractivity contribution in [1.29, 1.82) is 0 Å². The lowest BCUT2D eigenvalue weighted by Gasteiger charge is -2.26. The van der Waals surface area contributed by atoms with Crippen LogP contribution in [-0.4, -0.2) is 22.9 Å². The Labute approximate surface area is 206 Å². The average Bonchev–Trinajstić information content (AvgIpc) is 3.21. The number of carbonyl (C=O) groups excluding carboxylic acids is 1. The number of pyridine rings is 2. The van der Waals surface area contributed by atoms with Crippen molar-refractivity contribution in [1.82, 2.24) is 9.55 Å². The molecule has 2 N–H and O–H groups in total. The van der Waals surface area contributed by atoms with Gasteiger partial charge in [-0.2, -0.15) is 0 Å². The SMILES string of the molecule is CC.CCCC=O.COCc1c(C)cc2n(c1=O)Cc1c-2nc2cc(F)c(C)c3c2c1C(N)CC3. The third-order valence-corrected chi connectivity index (χ3v) is 6.70. The first kappa shape index (κ1) is 26.7. The Hall–Kier alpha value is -2.90. The fourth-order valence-corrected chi connectivity index (χ4v) is 4.94. The molecule has 3 heterocycles. The highest BCUT2D eigenvalue weighted by molar-refractivity contribution is 5.92. The third-order valence-electron chi connectivity index (χ3n) is 6.70. The largest absolute Gasteiger partial charge is 0.380 e. The zero-order valence-corrected chi connectivity index (χ0v) is 21.6. The van der Waals surface area contributed by atoms with E-state index in [2.05, 4.69) is 0 Å². The lowest BCUT2D eigenvalue weighted by atomic mass is 9.82. The number of aryl methyl sites for hydroxylation is 2. The number of rotatable bonds is 4. The van der Waals surface area contributed by atoms with Gasteiger partial charge in [-0.1, -0.05) is 20.8 Å². The lowest BCUT2D eigenvalue weighted by Crippen LogP contribution is -2.25. The number of nitrogens with zero attached hydrogens (tertiary/aromatic N) is 2. The Kier molecular flexibility index (Phi) is 8.56. The maximum Gasteiger partial charge on any atom is 0.257 e. The van der Waals surface area contributed by atoms with Crippen molar-refractivity contribution in [2.24, 2.45) is 5.73 Å².